The van der Waals surface area contributed by atoms with Gasteiger partial charge in [-0.1, -0.05) is 11.6 Å². The molecule has 0 saturated heterocycles. The maximum absolute atomic E-state index is 11.8. The van der Waals surface area contributed by atoms with Crippen molar-refractivity contribution in [1.29, 1.82) is 5.26 Å². The lowest BCUT2D eigenvalue weighted by molar-refractivity contribution is 0.0959. The highest BCUT2D eigenvalue weighted by Crippen LogP contribution is 2.31. The zero-order valence-corrected chi connectivity index (χ0v) is 12.4. The maximum Gasteiger partial charge on any atom is 0.267 e. The summed E-state index contributed by atoms with van der Waals surface area (Å²) in [5.41, 5.74) is 3.35. The van der Waals surface area contributed by atoms with Gasteiger partial charge in [0.1, 0.15) is 10.8 Å². The number of nitriles is 1. The minimum absolute atomic E-state index is 0.214. The largest absolute Gasteiger partial charge is 0.354 e. The summed E-state index contributed by atoms with van der Waals surface area (Å²) in [7, 11) is 1.57. The molecule has 0 aliphatic rings. The zero-order chi connectivity index (χ0) is 15.7. The summed E-state index contributed by atoms with van der Waals surface area (Å²) in [5, 5.41) is 12.9. The van der Waals surface area contributed by atoms with Crippen LogP contribution in [0.1, 0.15) is 16.1 Å². The quantitative estimate of drug-likeness (QED) is 0.713. The number of pyridine rings is 1. The summed E-state index contributed by atoms with van der Waals surface area (Å²) in [6.45, 7) is 0. The molecule has 1 aromatic carbocycles. The Bertz CT molecular complexity index is 924. The van der Waals surface area contributed by atoms with Gasteiger partial charge in [-0.05, 0) is 35.9 Å². The van der Waals surface area contributed by atoms with Crippen molar-refractivity contribution in [2.45, 2.75) is 0 Å². The van der Waals surface area contributed by atoms with Crippen LogP contribution in [-0.2, 0) is 0 Å². The fourth-order valence-corrected chi connectivity index (χ4v) is 2.54. The highest BCUT2D eigenvalue weighted by molar-refractivity contribution is 6.29. The SMILES string of the molecule is CNC(=O)c1cc2cc(C#N)cc(-c3ccnc(Cl)c3)c2[nH]1. The Morgan fingerprint density at radius 1 is 1.36 bits per heavy atom. The molecule has 1 amide bonds. The van der Waals surface area contributed by atoms with Crippen LogP contribution < -0.4 is 5.32 Å². The first-order chi connectivity index (χ1) is 10.6. The van der Waals surface area contributed by atoms with Gasteiger partial charge in [0.25, 0.3) is 5.91 Å². The number of nitrogens with zero attached hydrogens (tertiary/aromatic N) is 2. The van der Waals surface area contributed by atoms with Gasteiger partial charge in [-0.3, -0.25) is 4.79 Å². The van der Waals surface area contributed by atoms with Crippen molar-refractivity contribution in [2.75, 3.05) is 7.05 Å². The molecule has 0 aliphatic carbocycles. The van der Waals surface area contributed by atoms with E-state index in [9.17, 15) is 10.1 Å². The van der Waals surface area contributed by atoms with Crippen LogP contribution in [0.25, 0.3) is 22.0 Å². The lowest BCUT2D eigenvalue weighted by Crippen LogP contribution is -2.17. The lowest BCUT2D eigenvalue weighted by Gasteiger charge is -2.05. The first-order valence-electron chi connectivity index (χ1n) is 6.53. The molecular weight excluding hydrogens is 300 g/mol. The van der Waals surface area contributed by atoms with Gasteiger partial charge in [-0.25, -0.2) is 4.98 Å². The summed E-state index contributed by atoms with van der Waals surface area (Å²) in [6.07, 6.45) is 1.60. The van der Waals surface area contributed by atoms with Crippen molar-refractivity contribution >= 4 is 28.4 Å². The van der Waals surface area contributed by atoms with Crippen LogP contribution in [0.4, 0.5) is 0 Å². The van der Waals surface area contributed by atoms with E-state index >= 15 is 0 Å². The van der Waals surface area contributed by atoms with Gasteiger partial charge >= 0.3 is 0 Å². The molecule has 22 heavy (non-hydrogen) atoms. The molecule has 0 fully saturated rings. The minimum Gasteiger partial charge on any atom is -0.354 e. The van der Waals surface area contributed by atoms with Gasteiger partial charge in [0.2, 0.25) is 0 Å². The first-order valence-corrected chi connectivity index (χ1v) is 6.91. The molecule has 3 aromatic rings. The van der Waals surface area contributed by atoms with Gasteiger partial charge in [-0.2, -0.15) is 5.26 Å². The van der Waals surface area contributed by atoms with E-state index in [1.54, 1.807) is 37.5 Å². The van der Waals surface area contributed by atoms with Crippen molar-refractivity contribution < 1.29 is 4.79 Å². The van der Waals surface area contributed by atoms with Crippen molar-refractivity contribution in [3.05, 3.63) is 52.9 Å². The van der Waals surface area contributed by atoms with E-state index in [1.165, 1.54) is 0 Å². The van der Waals surface area contributed by atoms with Crippen LogP contribution in [0.3, 0.4) is 0 Å². The minimum atomic E-state index is -0.214. The average Bonchev–Trinajstić information content (AvgIpc) is 2.97. The normalized spacial score (nSPS) is 10.4. The number of carbonyl (C=O) groups is 1. The predicted molar refractivity (Wildman–Crippen MR) is 84.6 cm³/mol. The molecule has 6 heteroatoms. The third-order valence-corrected chi connectivity index (χ3v) is 3.57. The molecule has 0 aliphatic heterocycles. The van der Waals surface area contributed by atoms with E-state index in [-0.39, 0.29) is 5.91 Å². The number of nitrogens with one attached hydrogen (secondary N) is 2. The van der Waals surface area contributed by atoms with E-state index in [0.29, 0.717) is 16.4 Å². The fraction of sp³-hybridized carbons (Fsp3) is 0.0625. The number of carbonyl (C=O) groups excluding carboxylic acids is 1. The Labute approximate surface area is 131 Å². The molecule has 2 N–H and O–H groups in total. The molecule has 0 bridgehead atoms. The van der Waals surface area contributed by atoms with Crippen molar-refractivity contribution in [1.82, 2.24) is 15.3 Å². The summed E-state index contributed by atoms with van der Waals surface area (Å²) < 4.78 is 0. The number of hydrogen-bond acceptors (Lipinski definition) is 3. The number of hydrogen-bond donors (Lipinski definition) is 2. The Kier molecular flexibility index (Phi) is 3.53. The summed E-state index contributed by atoms with van der Waals surface area (Å²) in [6, 6.07) is 10.9. The third kappa shape index (κ3) is 2.41. The predicted octanol–water partition coefficient (Wildman–Crippen LogP) is 3.11. The highest BCUT2D eigenvalue weighted by atomic mass is 35.5. The Morgan fingerprint density at radius 2 is 2.18 bits per heavy atom. The average molecular weight is 311 g/mol. The molecule has 0 saturated carbocycles. The second kappa shape index (κ2) is 5.51. The lowest BCUT2D eigenvalue weighted by atomic mass is 10.0. The van der Waals surface area contributed by atoms with Gasteiger partial charge in [0.05, 0.1) is 17.1 Å². The number of benzene rings is 1. The number of halogens is 1. The van der Waals surface area contributed by atoms with E-state index in [1.807, 2.05) is 6.07 Å². The number of fused-ring (bicyclic) bond motifs is 1. The topological polar surface area (TPSA) is 81.6 Å². The van der Waals surface area contributed by atoms with Crippen molar-refractivity contribution in [2.24, 2.45) is 0 Å². The van der Waals surface area contributed by atoms with Gasteiger partial charge in [0.15, 0.2) is 0 Å². The molecular formula is C16H11ClN4O. The molecule has 0 spiro atoms. The van der Waals surface area contributed by atoms with Crippen molar-refractivity contribution in [3.8, 4) is 17.2 Å². The van der Waals surface area contributed by atoms with Crippen LogP contribution in [0, 0.1) is 11.3 Å². The monoisotopic (exact) mass is 310 g/mol. The zero-order valence-electron chi connectivity index (χ0n) is 11.6. The maximum atomic E-state index is 11.8. The molecule has 2 heterocycles. The Hall–Kier alpha value is -2.84. The van der Waals surface area contributed by atoms with Gasteiger partial charge < -0.3 is 10.3 Å². The molecule has 0 unspecified atom stereocenters. The number of aromatic amines is 1. The molecule has 2 aromatic heterocycles. The molecule has 0 atom stereocenters. The summed E-state index contributed by atoms with van der Waals surface area (Å²) in [4.78, 5) is 18.9. The van der Waals surface area contributed by atoms with E-state index in [4.69, 9.17) is 11.6 Å². The number of amides is 1. The van der Waals surface area contributed by atoms with E-state index < -0.39 is 0 Å². The fourth-order valence-electron chi connectivity index (χ4n) is 2.36. The van der Waals surface area contributed by atoms with Crippen LogP contribution in [0.2, 0.25) is 5.15 Å². The number of H-pyrrole nitrogens is 1. The molecule has 3 rings (SSSR count). The van der Waals surface area contributed by atoms with Crippen LogP contribution in [0.5, 0.6) is 0 Å². The smallest absolute Gasteiger partial charge is 0.267 e. The molecule has 0 radical (unpaired) electrons. The van der Waals surface area contributed by atoms with Gasteiger partial charge in [0, 0.05) is 24.2 Å². The van der Waals surface area contributed by atoms with Crippen LogP contribution in [-0.4, -0.2) is 22.9 Å². The summed E-state index contributed by atoms with van der Waals surface area (Å²) in [5.74, 6) is -0.214. The highest BCUT2D eigenvalue weighted by Gasteiger charge is 2.13. The van der Waals surface area contributed by atoms with Crippen molar-refractivity contribution in [3.63, 3.8) is 0 Å². The van der Waals surface area contributed by atoms with Crippen LogP contribution >= 0.6 is 11.6 Å². The second-order valence-electron chi connectivity index (χ2n) is 4.73. The molecule has 5 nitrogen and oxygen atoms in total. The van der Waals surface area contributed by atoms with Gasteiger partial charge in [-0.15, -0.1) is 0 Å². The number of aromatic nitrogens is 2. The third-order valence-electron chi connectivity index (χ3n) is 3.37. The first kappa shape index (κ1) is 14.1. The van der Waals surface area contributed by atoms with Crippen LogP contribution in [0.15, 0.2) is 36.5 Å². The summed E-state index contributed by atoms with van der Waals surface area (Å²) >= 11 is 5.95. The van der Waals surface area contributed by atoms with E-state index in [0.717, 1.165) is 22.0 Å². The Morgan fingerprint density at radius 3 is 2.86 bits per heavy atom. The number of rotatable bonds is 2. The Balaban J connectivity index is 2.30. The standard InChI is InChI=1S/C16H11ClN4O/c1-19-16(22)13-6-11-4-9(8-18)5-12(15(11)21-13)10-2-3-20-14(17)7-10/h2-7,21H,1H3,(H,19,22). The molecule has 108 valence electrons. The second-order valence-corrected chi connectivity index (χ2v) is 5.12. The van der Waals surface area contributed by atoms with E-state index in [2.05, 4.69) is 21.4 Å².